The monoisotopic (exact) mass is 236 g/mol. The number of guanidine groups is 1. The van der Waals surface area contributed by atoms with Crippen molar-refractivity contribution in [2.75, 3.05) is 7.11 Å². The molecule has 5 nitrogen and oxygen atoms in total. The van der Waals surface area contributed by atoms with Crippen molar-refractivity contribution in [3.8, 4) is 5.75 Å². The first-order valence-electron chi connectivity index (χ1n) is 4.74. The maximum atomic E-state index is 5.60. The Kier molecular flexibility index (Phi) is 2.91. The molecule has 0 spiro atoms. The van der Waals surface area contributed by atoms with E-state index in [0.29, 0.717) is 11.1 Å². The van der Waals surface area contributed by atoms with Crippen LogP contribution in [0, 0.1) is 0 Å². The number of nitrogens with two attached hydrogens (primary N) is 1. The molecule has 6 heteroatoms. The summed E-state index contributed by atoms with van der Waals surface area (Å²) in [7, 11) is 1.62. The number of benzene rings is 1. The minimum atomic E-state index is -0.260. The summed E-state index contributed by atoms with van der Waals surface area (Å²) in [6.45, 7) is 0. The standard InChI is InChI=1S/C10H12N4OS/c1-15-7-4-2-3-6(5-7)8-12-9(11)14-10(16)13-8/h2-5,8H,1H3,(H4,11,12,13,14,16)/t8-/m0/s1. The molecule has 1 heterocycles. The van der Waals surface area contributed by atoms with E-state index in [2.05, 4.69) is 15.6 Å². The minimum absolute atomic E-state index is 0.260. The van der Waals surface area contributed by atoms with Crippen LogP contribution in [0.4, 0.5) is 0 Å². The molecule has 0 saturated heterocycles. The van der Waals surface area contributed by atoms with Gasteiger partial charge in [0.05, 0.1) is 7.11 Å². The van der Waals surface area contributed by atoms with Crippen LogP contribution in [-0.4, -0.2) is 18.2 Å². The summed E-state index contributed by atoms with van der Waals surface area (Å²) in [6.07, 6.45) is -0.260. The molecule has 0 unspecified atom stereocenters. The second-order valence-electron chi connectivity index (χ2n) is 3.29. The fourth-order valence-corrected chi connectivity index (χ4v) is 1.67. The second-order valence-corrected chi connectivity index (χ2v) is 3.70. The summed E-state index contributed by atoms with van der Waals surface area (Å²) >= 11 is 5.01. The van der Waals surface area contributed by atoms with E-state index in [1.165, 1.54) is 0 Å². The van der Waals surface area contributed by atoms with E-state index >= 15 is 0 Å². The van der Waals surface area contributed by atoms with E-state index in [4.69, 9.17) is 22.7 Å². The van der Waals surface area contributed by atoms with Gasteiger partial charge in [0, 0.05) is 5.56 Å². The zero-order valence-corrected chi connectivity index (χ0v) is 9.54. The zero-order valence-electron chi connectivity index (χ0n) is 8.73. The van der Waals surface area contributed by atoms with Crippen molar-refractivity contribution < 1.29 is 4.74 Å². The Morgan fingerprint density at radius 1 is 1.50 bits per heavy atom. The van der Waals surface area contributed by atoms with E-state index in [1.807, 2.05) is 24.3 Å². The van der Waals surface area contributed by atoms with Gasteiger partial charge in [0.15, 0.2) is 11.1 Å². The average molecular weight is 236 g/mol. The van der Waals surface area contributed by atoms with Gasteiger partial charge in [-0.1, -0.05) is 12.1 Å². The molecule has 84 valence electrons. The van der Waals surface area contributed by atoms with Crippen LogP contribution in [0.2, 0.25) is 0 Å². The van der Waals surface area contributed by atoms with Crippen molar-refractivity contribution in [1.29, 1.82) is 0 Å². The smallest absolute Gasteiger partial charge is 0.197 e. The predicted octanol–water partition coefficient (Wildman–Crippen LogP) is 0.486. The number of nitrogens with zero attached hydrogens (tertiary/aromatic N) is 1. The van der Waals surface area contributed by atoms with Gasteiger partial charge in [-0.2, -0.15) is 0 Å². The molecule has 0 saturated carbocycles. The van der Waals surface area contributed by atoms with Crippen LogP contribution in [0.5, 0.6) is 5.75 Å². The van der Waals surface area contributed by atoms with Gasteiger partial charge in [-0.05, 0) is 24.4 Å². The Bertz CT molecular complexity index is 446. The molecule has 1 atom stereocenters. The Labute approximate surface area is 98.7 Å². The normalized spacial score (nSPS) is 19.4. The number of nitrogens with one attached hydrogen (secondary N) is 2. The second kappa shape index (κ2) is 4.36. The van der Waals surface area contributed by atoms with E-state index < -0.39 is 0 Å². The van der Waals surface area contributed by atoms with Gasteiger partial charge in [0.1, 0.15) is 11.9 Å². The van der Waals surface area contributed by atoms with Crippen LogP contribution in [0.3, 0.4) is 0 Å². The topological polar surface area (TPSA) is 71.7 Å². The lowest BCUT2D eigenvalue weighted by Gasteiger charge is -2.23. The molecular formula is C10H12N4OS. The number of methoxy groups -OCH3 is 1. The Morgan fingerprint density at radius 2 is 2.31 bits per heavy atom. The number of hydrogen-bond donors (Lipinski definition) is 3. The highest BCUT2D eigenvalue weighted by molar-refractivity contribution is 7.80. The maximum Gasteiger partial charge on any atom is 0.197 e. The molecule has 0 radical (unpaired) electrons. The lowest BCUT2D eigenvalue weighted by Crippen LogP contribution is -2.49. The van der Waals surface area contributed by atoms with E-state index in [-0.39, 0.29) is 6.17 Å². The molecule has 1 aliphatic heterocycles. The SMILES string of the molecule is COc1cccc([C@H]2N=C(N)NC(=S)N2)c1. The Morgan fingerprint density at radius 3 is 3.00 bits per heavy atom. The summed E-state index contributed by atoms with van der Waals surface area (Å²) in [4.78, 5) is 4.21. The van der Waals surface area contributed by atoms with Crippen molar-refractivity contribution >= 4 is 23.3 Å². The molecule has 1 aromatic rings. The molecule has 0 fully saturated rings. The van der Waals surface area contributed by atoms with Crippen molar-refractivity contribution in [3.63, 3.8) is 0 Å². The highest BCUT2D eigenvalue weighted by Gasteiger charge is 2.17. The molecular weight excluding hydrogens is 224 g/mol. The van der Waals surface area contributed by atoms with Gasteiger partial charge in [-0.25, -0.2) is 4.99 Å². The average Bonchev–Trinajstić information content (AvgIpc) is 2.28. The molecule has 2 rings (SSSR count). The highest BCUT2D eigenvalue weighted by atomic mass is 32.1. The largest absolute Gasteiger partial charge is 0.497 e. The fourth-order valence-electron chi connectivity index (χ4n) is 1.45. The molecule has 1 aliphatic rings. The zero-order chi connectivity index (χ0) is 11.5. The first-order valence-corrected chi connectivity index (χ1v) is 5.14. The number of ether oxygens (including phenoxy) is 1. The highest BCUT2D eigenvalue weighted by Crippen LogP contribution is 2.20. The number of thiocarbonyl (C=S) groups is 1. The van der Waals surface area contributed by atoms with Gasteiger partial charge >= 0.3 is 0 Å². The van der Waals surface area contributed by atoms with E-state index in [1.54, 1.807) is 7.11 Å². The van der Waals surface area contributed by atoms with Crippen LogP contribution in [-0.2, 0) is 0 Å². The molecule has 0 aliphatic carbocycles. The molecule has 0 bridgehead atoms. The number of rotatable bonds is 2. The van der Waals surface area contributed by atoms with E-state index in [9.17, 15) is 0 Å². The van der Waals surface area contributed by atoms with Crippen LogP contribution in [0.1, 0.15) is 11.7 Å². The van der Waals surface area contributed by atoms with Gasteiger partial charge in [-0.15, -0.1) is 0 Å². The van der Waals surface area contributed by atoms with Crippen molar-refractivity contribution in [2.45, 2.75) is 6.17 Å². The lowest BCUT2D eigenvalue weighted by atomic mass is 10.1. The number of aliphatic imine (C=N–C) groups is 1. The van der Waals surface area contributed by atoms with Crippen molar-refractivity contribution in [3.05, 3.63) is 29.8 Å². The fraction of sp³-hybridized carbons (Fsp3) is 0.200. The Balaban J connectivity index is 2.29. The third kappa shape index (κ3) is 2.22. The first-order chi connectivity index (χ1) is 7.69. The van der Waals surface area contributed by atoms with Crippen LogP contribution in [0.25, 0.3) is 0 Å². The first kappa shape index (κ1) is 10.7. The Hall–Kier alpha value is -1.82. The third-order valence-electron chi connectivity index (χ3n) is 2.19. The molecule has 4 N–H and O–H groups in total. The van der Waals surface area contributed by atoms with Gasteiger partial charge in [0.25, 0.3) is 0 Å². The minimum Gasteiger partial charge on any atom is -0.497 e. The van der Waals surface area contributed by atoms with Crippen LogP contribution >= 0.6 is 12.2 Å². The molecule has 1 aromatic carbocycles. The van der Waals surface area contributed by atoms with Crippen molar-refractivity contribution in [1.82, 2.24) is 10.6 Å². The molecule has 0 aromatic heterocycles. The van der Waals surface area contributed by atoms with Gasteiger partial charge < -0.3 is 21.1 Å². The number of hydrogen-bond acceptors (Lipinski definition) is 4. The maximum absolute atomic E-state index is 5.60. The summed E-state index contributed by atoms with van der Waals surface area (Å²) in [5, 5.41) is 6.21. The van der Waals surface area contributed by atoms with Crippen molar-refractivity contribution in [2.24, 2.45) is 10.7 Å². The van der Waals surface area contributed by atoms with Crippen LogP contribution in [0.15, 0.2) is 29.3 Å². The predicted molar refractivity (Wildman–Crippen MR) is 66.2 cm³/mol. The van der Waals surface area contributed by atoms with Gasteiger partial charge in [-0.3, -0.25) is 0 Å². The molecule has 0 amide bonds. The third-order valence-corrected chi connectivity index (χ3v) is 2.41. The summed E-state index contributed by atoms with van der Waals surface area (Å²) in [5.41, 5.74) is 6.55. The van der Waals surface area contributed by atoms with Crippen LogP contribution < -0.4 is 21.1 Å². The summed E-state index contributed by atoms with van der Waals surface area (Å²) in [6, 6.07) is 7.59. The van der Waals surface area contributed by atoms with Gasteiger partial charge in [0.2, 0.25) is 0 Å². The lowest BCUT2D eigenvalue weighted by molar-refractivity contribution is 0.413. The summed E-state index contributed by atoms with van der Waals surface area (Å²) in [5.74, 6) is 1.09. The quantitative estimate of drug-likeness (QED) is 0.652. The molecule has 16 heavy (non-hydrogen) atoms. The van der Waals surface area contributed by atoms with E-state index in [0.717, 1.165) is 11.3 Å². The summed E-state index contributed by atoms with van der Waals surface area (Å²) < 4.78 is 5.14.